The summed E-state index contributed by atoms with van der Waals surface area (Å²) in [5.41, 5.74) is 0.913. The maximum absolute atomic E-state index is 13.0. The Morgan fingerprint density at radius 2 is 2.23 bits per heavy atom. The fraction of sp³-hybridized carbons (Fsp3) is 0.500. The van der Waals surface area contributed by atoms with Gasteiger partial charge >= 0.3 is 0 Å². The van der Waals surface area contributed by atoms with Crippen LogP contribution < -0.4 is 0 Å². The van der Waals surface area contributed by atoms with Crippen molar-refractivity contribution in [2.24, 2.45) is 0 Å². The van der Waals surface area contributed by atoms with Crippen LogP contribution in [0.15, 0.2) is 24.3 Å². The SMILES string of the molecule is CN(CCC#N)C(=O)CN1CCO[C@@H](c2ccc(F)cc2)C1. The maximum atomic E-state index is 13.0. The predicted octanol–water partition coefficient (Wildman–Crippen LogP) is 1.57. The van der Waals surface area contributed by atoms with Gasteiger partial charge in [0.15, 0.2) is 0 Å². The van der Waals surface area contributed by atoms with Crippen molar-refractivity contribution in [3.8, 4) is 6.07 Å². The molecule has 0 aliphatic carbocycles. The average molecular weight is 305 g/mol. The molecule has 1 fully saturated rings. The molecule has 0 N–H and O–H groups in total. The van der Waals surface area contributed by atoms with Crippen LogP contribution in [0.5, 0.6) is 0 Å². The highest BCUT2D eigenvalue weighted by molar-refractivity contribution is 5.78. The molecule has 0 bridgehead atoms. The first kappa shape index (κ1) is 16.4. The molecular formula is C16H20FN3O2. The summed E-state index contributed by atoms with van der Waals surface area (Å²) in [5.74, 6) is -0.277. The standard InChI is InChI=1S/C16H20FN3O2/c1-19(8-2-7-18)16(21)12-20-9-10-22-15(11-20)13-3-5-14(17)6-4-13/h3-6,15H,2,8-12H2,1H3/t15-/m1/s1. The number of rotatable bonds is 5. The number of nitriles is 1. The van der Waals surface area contributed by atoms with Gasteiger partial charge in [0, 0.05) is 26.7 Å². The summed E-state index contributed by atoms with van der Waals surface area (Å²) in [6.45, 7) is 2.58. The number of hydrogen-bond acceptors (Lipinski definition) is 4. The van der Waals surface area contributed by atoms with Gasteiger partial charge in [0.05, 0.1) is 31.7 Å². The summed E-state index contributed by atoms with van der Waals surface area (Å²) in [7, 11) is 1.71. The van der Waals surface area contributed by atoms with E-state index in [-0.39, 0.29) is 17.8 Å². The molecule has 118 valence electrons. The van der Waals surface area contributed by atoms with Gasteiger partial charge in [-0.15, -0.1) is 0 Å². The van der Waals surface area contributed by atoms with E-state index in [1.54, 1.807) is 24.1 Å². The predicted molar refractivity (Wildman–Crippen MR) is 79.4 cm³/mol. The van der Waals surface area contributed by atoms with Gasteiger partial charge in [0.2, 0.25) is 5.91 Å². The molecule has 1 aliphatic rings. The normalized spacial score (nSPS) is 18.7. The zero-order valence-electron chi connectivity index (χ0n) is 12.7. The molecule has 2 rings (SSSR count). The lowest BCUT2D eigenvalue weighted by Crippen LogP contribution is -2.44. The fourth-order valence-electron chi connectivity index (χ4n) is 2.38. The summed E-state index contributed by atoms with van der Waals surface area (Å²) in [5, 5.41) is 8.56. The molecule has 0 aromatic heterocycles. The third-order valence-electron chi connectivity index (χ3n) is 3.74. The molecule has 1 atom stereocenters. The number of carbonyl (C=O) groups is 1. The largest absolute Gasteiger partial charge is 0.371 e. The van der Waals surface area contributed by atoms with E-state index in [1.807, 2.05) is 11.0 Å². The molecule has 1 aliphatic heterocycles. The third-order valence-corrected chi connectivity index (χ3v) is 3.74. The monoisotopic (exact) mass is 305 g/mol. The topological polar surface area (TPSA) is 56.6 Å². The first-order chi connectivity index (χ1) is 10.6. The summed E-state index contributed by atoms with van der Waals surface area (Å²) in [6.07, 6.45) is 0.190. The van der Waals surface area contributed by atoms with E-state index in [0.717, 1.165) is 5.56 Å². The van der Waals surface area contributed by atoms with Crippen LogP contribution in [0, 0.1) is 17.1 Å². The Labute approximate surface area is 129 Å². The second-order valence-corrected chi connectivity index (χ2v) is 5.37. The van der Waals surface area contributed by atoms with Crippen molar-refractivity contribution in [1.29, 1.82) is 5.26 Å². The van der Waals surface area contributed by atoms with E-state index in [9.17, 15) is 9.18 Å². The Morgan fingerprint density at radius 1 is 1.50 bits per heavy atom. The lowest BCUT2D eigenvalue weighted by atomic mass is 10.1. The molecule has 22 heavy (non-hydrogen) atoms. The Hall–Kier alpha value is -1.97. The van der Waals surface area contributed by atoms with E-state index in [1.165, 1.54) is 12.1 Å². The van der Waals surface area contributed by atoms with Gasteiger partial charge in [0.1, 0.15) is 5.82 Å². The van der Waals surface area contributed by atoms with Crippen LogP contribution in [-0.2, 0) is 9.53 Å². The van der Waals surface area contributed by atoms with Gasteiger partial charge in [-0.2, -0.15) is 5.26 Å². The van der Waals surface area contributed by atoms with Gasteiger partial charge < -0.3 is 9.64 Å². The summed E-state index contributed by atoms with van der Waals surface area (Å²) >= 11 is 0. The zero-order valence-corrected chi connectivity index (χ0v) is 12.7. The smallest absolute Gasteiger partial charge is 0.236 e. The van der Waals surface area contributed by atoms with E-state index in [0.29, 0.717) is 39.2 Å². The number of amides is 1. The van der Waals surface area contributed by atoms with Crippen LogP contribution >= 0.6 is 0 Å². The Kier molecular flexibility index (Phi) is 5.87. The lowest BCUT2D eigenvalue weighted by molar-refractivity contribution is -0.133. The minimum Gasteiger partial charge on any atom is -0.371 e. The molecule has 1 amide bonds. The van der Waals surface area contributed by atoms with E-state index in [2.05, 4.69) is 0 Å². The number of benzene rings is 1. The van der Waals surface area contributed by atoms with Crippen molar-refractivity contribution in [2.45, 2.75) is 12.5 Å². The number of morpholine rings is 1. The van der Waals surface area contributed by atoms with Crippen molar-refractivity contribution < 1.29 is 13.9 Å². The van der Waals surface area contributed by atoms with Gasteiger partial charge in [-0.25, -0.2) is 4.39 Å². The fourth-order valence-corrected chi connectivity index (χ4v) is 2.38. The van der Waals surface area contributed by atoms with Crippen LogP contribution in [0.2, 0.25) is 0 Å². The minimum absolute atomic E-state index is 0.00462. The van der Waals surface area contributed by atoms with Crippen LogP contribution in [0.4, 0.5) is 4.39 Å². The van der Waals surface area contributed by atoms with Crippen LogP contribution in [0.3, 0.4) is 0 Å². The first-order valence-corrected chi connectivity index (χ1v) is 7.30. The number of likely N-dealkylation sites (N-methyl/N-ethyl adjacent to an activating group) is 1. The molecule has 0 saturated carbocycles. The lowest BCUT2D eigenvalue weighted by Gasteiger charge is -2.33. The number of halogens is 1. The summed E-state index contributed by atoms with van der Waals surface area (Å²) in [4.78, 5) is 15.7. The quantitative estimate of drug-likeness (QED) is 0.828. The second-order valence-electron chi connectivity index (χ2n) is 5.37. The molecule has 1 heterocycles. The molecule has 0 unspecified atom stereocenters. The highest BCUT2D eigenvalue weighted by Gasteiger charge is 2.24. The van der Waals surface area contributed by atoms with Gasteiger partial charge in [-0.1, -0.05) is 12.1 Å². The number of carbonyl (C=O) groups excluding carboxylic acids is 1. The molecular weight excluding hydrogens is 285 g/mol. The van der Waals surface area contributed by atoms with E-state index < -0.39 is 0 Å². The molecule has 6 heteroatoms. The van der Waals surface area contributed by atoms with Gasteiger partial charge in [-0.3, -0.25) is 9.69 Å². The molecule has 1 saturated heterocycles. The van der Waals surface area contributed by atoms with Crippen molar-refractivity contribution in [1.82, 2.24) is 9.80 Å². The minimum atomic E-state index is -0.272. The Morgan fingerprint density at radius 3 is 2.91 bits per heavy atom. The third kappa shape index (κ3) is 4.52. The van der Waals surface area contributed by atoms with Gasteiger partial charge in [0.25, 0.3) is 0 Å². The van der Waals surface area contributed by atoms with Crippen molar-refractivity contribution in [3.05, 3.63) is 35.6 Å². The van der Waals surface area contributed by atoms with E-state index in [4.69, 9.17) is 10.00 Å². The van der Waals surface area contributed by atoms with Gasteiger partial charge in [-0.05, 0) is 17.7 Å². The van der Waals surface area contributed by atoms with Crippen LogP contribution in [-0.4, -0.2) is 55.5 Å². The molecule has 0 spiro atoms. The Balaban J connectivity index is 1.89. The molecule has 1 aromatic carbocycles. The van der Waals surface area contributed by atoms with Crippen molar-refractivity contribution >= 4 is 5.91 Å². The molecule has 1 aromatic rings. The molecule has 0 radical (unpaired) electrons. The first-order valence-electron chi connectivity index (χ1n) is 7.30. The number of hydrogen-bond donors (Lipinski definition) is 0. The van der Waals surface area contributed by atoms with Crippen LogP contribution in [0.1, 0.15) is 18.1 Å². The van der Waals surface area contributed by atoms with E-state index >= 15 is 0 Å². The highest BCUT2D eigenvalue weighted by Crippen LogP contribution is 2.22. The zero-order chi connectivity index (χ0) is 15.9. The number of nitrogens with zero attached hydrogens (tertiary/aromatic N) is 3. The molecule has 5 nitrogen and oxygen atoms in total. The summed E-state index contributed by atoms with van der Waals surface area (Å²) < 4.78 is 18.7. The summed E-state index contributed by atoms with van der Waals surface area (Å²) in [6, 6.07) is 8.29. The van der Waals surface area contributed by atoms with Crippen molar-refractivity contribution in [3.63, 3.8) is 0 Å². The Bertz CT molecular complexity index is 541. The van der Waals surface area contributed by atoms with Crippen LogP contribution in [0.25, 0.3) is 0 Å². The average Bonchev–Trinajstić information content (AvgIpc) is 2.53. The maximum Gasteiger partial charge on any atom is 0.236 e. The van der Waals surface area contributed by atoms with Crippen molar-refractivity contribution in [2.75, 3.05) is 39.8 Å². The second kappa shape index (κ2) is 7.87. The highest BCUT2D eigenvalue weighted by atomic mass is 19.1. The number of ether oxygens (including phenoxy) is 1.